The van der Waals surface area contributed by atoms with Crippen LogP contribution in [0.4, 0.5) is 0 Å². The largest absolute Gasteiger partial charge is 0.469 e. The standard InChI is InChI=1S/C9H15NO6S2/c1-16-9(11)3-2-5-18(14,15)10-8-4-6-17(12,13)7-8/h4,6,8,10H,2-3,5,7H2,1H3. The Morgan fingerprint density at radius 3 is 2.67 bits per heavy atom. The molecule has 0 aromatic heterocycles. The lowest BCUT2D eigenvalue weighted by Crippen LogP contribution is -2.37. The molecule has 0 aromatic carbocycles. The van der Waals surface area contributed by atoms with Crippen molar-refractivity contribution in [2.45, 2.75) is 18.9 Å². The van der Waals surface area contributed by atoms with E-state index in [0.29, 0.717) is 0 Å². The fraction of sp³-hybridized carbons (Fsp3) is 0.667. The van der Waals surface area contributed by atoms with Gasteiger partial charge in [0.2, 0.25) is 10.0 Å². The summed E-state index contributed by atoms with van der Waals surface area (Å²) in [6.07, 6.45) is 1.44. The van der Waals surface area contributed by atoms with E-state index in [1.54, 1.807) is 0 Å². The van der Waals surface area contributed by atoms with Crippen molar-refractivity contribution in [3.8, 4) is 0 Å². The van der Waals surface area contributed by atoms with E-state index in [0.717, 1.165) is 5.41 Å². The van der Waals surface area contributed by atoms with Gasteiger partial charge in [-0.1, -0.05) is 6.08 Å². The van der Waals surface area contributed by atoms with Crippen LogP contribution in [0.2, 0.25) is 0 Å². The lowest BCUT2D eigenvalue weighted by atomic mass is 10.3. The quantitative estimate of drug-likeness (QED) is 0.641. The molecule has 1 N–H and O–H groups in total. The van der Waals surface area contributed by atoms with Crippen LogP contribution >= 0.6 is 0 Å². The molecule has 0 bridgehead atoms. The number of ether oxygens (including phenoxy) is 1. The van der Waals surface area contributed by atoms with Gasteiger partial charge in [0.15, 0.2) is 9.84 Å². The molecule has 1 atom stereocenters. The summed E-state index contributed by atoms with van der Waals surface area (Å²) in [4.78, 5) is 10.8. The van der Waals surface area contributed by atoms with Gasteiger partial charge in [-0.05, 0) is 6.42 Å². The fourth-order valence-electron chi connectivity index (χ4n) is 1.45. The third-order valence-corrected chi connectivity index (χ3v) is 5.17. The zero-order valence-corrected chi connectivity index (χ0v) is 11.5. The van der Waals surface area contributed by atoms with E-state index >= 15 is 0 Å². The maximum atomic E-state index is 11.6. The number of carbonyl (C=O) groups excluding carboxylic acids is 1. The first kappa shape index (κ1) is 15.1. The SMILES string of the molecule is COC(=O)CCCS(=O)(=O)NC1C=CS(=O)(=O)C1. The first-order valence-electron chi connectivity index (χ1n) is 5.22. The van der Waals surface area contributed by atoms with Gasteiger partial charge >= 0.3 is 5.97 Å². The Labute approximate surface area is 106 Å². The highest BCUT2D eigenvalue weighted by atomic mass is 32.2. The molecule has 0 aliphatic carbocycles. The second kappa shape index (κ2) is 5.81. The third-order valence-electron chi connectivity index (χ3n) is 2.28. The van der Waals surface area contributed by atoms with Gasteiger partial charge in [0, 0.05) is 11.8 Å². The second-order valence-electron chi connectivity index (χ2n) is 3.88. The van der Waals surface area contributed by atoms with Crippen molar-refractivity contribution in [1.29, 1.82) is 0 Å². The van der Waals surface area contributed by atoms with Crippen LogP contribution in [0, 0.1) is 0 Å². The second-order valence-corrected chi connectivity index (χ2v) is 7.69. The molecule has 0 aromatic rings. The molecular weight excluding hydrogens is 282 g/mol. The summed E-state index contributed by atoms with van der Waals surface area (Å²) in [5.74, 6) is -0.982. The molecule has 9 heteroatoms. The van der Waals surface area contributed by atoms with Crippen molar-refractivity contribution in [2.24, 2.45) is 0 Å². The number of sulfone groups is 1. The average Bonchev–Trinajstić information content (AvgIpc) is 2.56. The van der Waals surface area contributed by atoms with Crippen LogP contribution in [0.25, 0.3) is 0 Å². The maximum Gasteiger partial charge on any atom is 0.305 e. The van der Waals surface area contributed by atoms with Gasteiger partial charge in [-0.3, -0.25) is 4.79 Å². The first-order chi connectivity index (χ1) is 8.24. The zero-order valence-electron chi connectivity index (χ0n) is 9.83. The molecule has 7 nitrogen and oxygen atoms in total. The molecule has 0 radical (unpaired) electrons. The summed E-state index contributed by atoms with van der Waals surface area (Å²) in [5, 5.41) is 0.995. The van der Waals surface area contributed by atoms with Gasteiger partial charge in [-0.25, -0.2) is 21.6 Å². The normalized spacial score (nSPS) is 21.9. The molecule has 0 amide bonds. The molecule has 1 aliphatic rings. The smallest absolute Gasteiger partial charge is 0.305 e. The van der Waals surface area contributed by atoms with Crippen molar-refractivity contribution in [1.82, 2.24) is 4.72 Å². The number of hydrogen-bond donors (Lipinski definition) is 1. The van der Waals surface area contributed by atoms with Crippen molar-refractivity contribution in [2.75, 3.05) is 18.6 Å². The van der Waals surface area contributed by atoms with Gasteiger partial charge in [0.1, 0.15) is 0 Å². The number of hydrogen-bond acceptors (Lipinski definition) is 6. The fourth-order valence-corrected chi connectivity index (χ4v) is 4.05. The van der Waals surface area contributed by atoms with Gasteiger partial charge in [0.05, 0.1) is 24.7 Å². The van der Waals surface area contributed by atoms with E-state index in [2.05, 4.69) is 9.46 Å². The molecule has 1 aliphatic heterocycles. The molecule has 1 heterocycles. The number of carbonyl (C=O) groups is 1. The zero-order chi connectivity index (χ0) is 13.8. The number of sulfonamides is 1. The molecule has 0 saturated carbocycles. The highest BCUT2D eigenvalue weighted by Crippen LogP contribution is 2.09. The molecule has 1 rings (SSSR count). The molecular formula is C9H15NO6S2. The van der Waals surface area contributed by atoms with Crippen LogP contribution in [0.5, 0.6) is 0 Å². The third kappa shape index (κ3) is 5.15. The van der Waals surface area contributed by atoms with E-state index < -0.39 is 31.9 Å². The van der Waals surface area contributed by atoms with Gasteiger partial charge in [-0.15, -0.1) is 0 Å². The molecule has 18 heavy (non-hydrogen) atoms. The molecule has 0 spiro atoms. The Morgan fingerprint density at radius 2 is 2.17 bits per heavy atom. The summed E-state index contributed by atoms with van der Waals surface area (Å²) < 4.78 is 52.0. The average molecular weight is 297 g/mol. The predicted octanol–water partition coefficient (Wildman–Crippen LogP) is -0.830. The van der Waals surface area contributed by atoms with Crippen molar-refractivity contribution >= 4 is 25.8 Å². The van der Waals surface area contributed by atoms with Gasteiger partial charge in [0.25, 0.3) is 0 Å². The van der Waals surface area contributed by atoms with Crippen LogP contribution < -0.4 is 4.72 Å². The lowest BCUT2D eigenvalue weighted by Gasteiger charge is -2.10. The van der Waals surface area contributed by atoms with Crippen molar-refractivity contribution in [3.63, 3.8) is 0 Å². The highest BCUT2D eigenvalue weighted by molar-refractivity contribution is 7.94. The lowest BCUT2D eigenvalue weighted by molar-refractivity contribution is -0.140. The van der Waals surface area contributed by atoms with Gasteiger partial charge in [-0.2, -0.15) is 0 Å². The van der Waals surface area contributed by atoms with E-state index in [4.69, 9.17) is 0 Å². The maximum absolute atomic E-state index is 11.6. The topological polar surface area (TPSA) is 107 Å². The number of methoxy groups -OCH3 is 1. The Hall–Kier alpha value is -0.930. The Morgan fingerprint density at radius 1 is 1.50 bits per heavy atom. The Bertz CT molecular complexity index is 533. The van der Waals surface area contributed by atoms with Crippen LogP contribution in [0.1, 0.15) is 12.8 Å². The molecule has 1 unspecified atom stereocenters. The number of rotatable bonds is 6. The minimum Gasteiger partial charge on any atom is -0.469 e. The van der Waals surface area contributed by atoms with Crippen LogP contribution in [0.15, 0.2) is 11.5 Å². The van der Waals surface area contributed by atoms with Crippen molar-refractivity contribution in [3.05, 3.63) is 11.5 Å². The van der Waals surface area contributed by atoms with E-state index in [1.165, 1.54) is 13.2 Å². The monoisotopic (exact) mass is 297 g/mol. The van der Waals surface area contributed by atoms with Crippen LogP contribution in [-0.2, 0) is 29.4 Å². The van der Waals surface area contributed by atoms with E-state index in [-0.39, 0.29) is 24.3 Å². The van der Waals surface area contributed by atoms with E-state index in [1.807, 2.05) is 0 Å². The number of esters is 1. The molecule has 0 saturated heterocycles. The minimum atomic E-state index is -3.59. The van der Waals surface area contributed by atoms with Gasteiger partial charge < -0.3 is 4.74 Å². The molecule has 104 valence electrons. The first-order valence-corrected chi connectivity index (χ1v) is 8.59. The van der Waals surface area contributed by atoms with E-state index in [9.17, 15) is 21.6 Å². The summed E-state index contributed by atoms with van der Waals surface area (Å²) in [5.41, 5.74) is 0. The summed E-state index contributed by atoms with van der Waals surface area (Å²) >= 11 is 0. The Balaban J connectivity index is 2.42. The van der Waals surface area contributed by atoms with Crippen LogP contribution in [-0.4, -0.2) is 47.5 Å². The number of nitrogens with one attached hydrogen (secondary N) is 1. The van der Waals surface area contributed by atoms with Crippen LogP contribution in [0.3, 0.4) is 0 Å². The minimum absolute atomic E-state index is 0.0101. The van der Waals surface area contributed by atoms with Crippen molar-refractivity contribution < 1.29 is 26.4 Å². The predicted molar refractivity (Wildman–Crippen MR) is 64.9 cm³/mol. The summed E-state index contributed by atoms with van der Waals surface area (Å²) in [7, 11) is -5.65. The molecule has 0 fully saturated rings. The Kier molecular flexibility index (Phi) is 4.88. The highest BCUT2D eigenvalue weighted by Gasteiger charge is 2.25. The summed E-state index contributed by atoms with van der Waals surface area (Å²) in [6, 6.07) is -0.724. The summed E-state index contributed by atoms with van der Waals surface area (Å²) in [6.45, 7) is 0.